The fourth-order valence-electron chi connectivity index (χ4n) is 1.87. The van der Waals surface area contributed by atoms with Gasteiger partial charge in [-0.05, 0) is 17.5 Å². The quantitative estimate of drug-likeness (QED) is 0.618. The van der Waals surface area contributed by atoms with Crippen molar-refractivity contribution in [2.75, 3.05) is 12.0 Å². The van der Waals surface area contributed by atoms with Gasteiger partial charge in [0.15, 0.2) is 0 Å². The topological polar surface area (TPSA) is 12.0 Å². The lowest BCUT2D eigenvalue weighted by Gasteiger charge is -2.25. The second-order valence-electron chi connectivity index (χ2n) is 4.89. The highest BCUT2D eigenvalue weighted by Gasteiger charge is 2.19. The third kappa shape index (κ3) is 3.91. The van der Waals surface area contributed by atoms with E-state index in [9.17, 15) is 0 Å². The molecule has 0 aromatic heterocycles. The Hall–Kier alpha value is -0.340. The lowest BCUT2D eigenvalue weighted by molar-refractivity contribution is 0.491. The summed E-state index contributed by atoms with van der Waals surface area (Å²) in [6.07, 6.45) is 2.40. The van der Waals surface area contributed by atoms with Crippen molar-refractivity contribution in [1.82, 2.24) is 5.32 Å². The molecule has 90 valence electrons. The minimum atomic E-state index is 0.193. The van der Waals surface area contributed by atoms with Crippen LogP contribution in [0.3, 0.4) is 0 Å². The minimum Gasteiger partial charge on any atom is -0.306 e. The summed E-state index contributed by atoms with van der Waals surface area (Å²) in [5, 5.41) is 3.34. The highest BCUT2D eigenvalue weighted by molar-refractivity contribution is 9.09. The molecule has 0 heterocycles. The first-order valence-electron chi connectivity index (χ1n) is 5.96. The molecule has 0 saturated carbocycles. The highest BCUT2D eigenvalue weighted by Crippen LogP contribution is 2.23. The zero-order chi connectivity index (χ0) is 12.0. The molecule has 16 heavy (non-hydrogen) atoms. The maximum atomic E-state index is 3.40. The average Bonchev–Trinajstić information content (AvgIpc) is 2.28. The number of nitrogens with one attached hydrogen (secondary N) is 1. The lowest BCUT2D eigenvalue weighted by Crippen LogP contribution is -2.32. The van der Waals surface area contributed by atoms with Gasteiger partial charge in [0.2, 0.25) is 0 Å². The standard InChI is InChI=1S/C14H22BrN/c1-4-5-12-6-8-13(9-7-12)14(2,3)10-16-11-15/h6-9,16H,4-5,10-11H2,1-3H3. The Morgan fingerprint density at radius 1 is 1.19 bits per heavy atom. The van der Waals surface area contributed by atoms with E-state index >= 15 is 0 Å². The molecular weight excluding hydrogens is 262 g/mol. The highest BCUT2D eigenvalue weighted by atomic mass is 79.9. The van der Waals surface area contributed by atoms with E-state index in [4.69, 9.17) is 0 Å². The molecule has 1 aromatic rings. The smallest absolute Gasteiger partial charge is 0.0517 e. The molecule has 0 radical (unpaired) electrons. The maximum Gasteiger partial charge on any atom is 0.0517 e. The van der Waals surface area contributed by atoms with Gasteiger partial charge >= 0.3 is 0 Å². The number of aryl methyl sites for hydroxylation is 1. The molecule has 0 spiro atoms. The fraction of sp³-hybridized carbons (Fsp3) is 0.571. The van der Waals surface area contributed by atoms with E-state index in [1.165, 1.54) is 24.0 Å². The van der Waals surface area contributed by atoms with Crippen LogP contribution in [0.1, 0.15) is 38.3 Å². The predicted molar refractivity (Wildman–Crippen MR) is 75.3 cm³/mol. The van der Waals surface area contributed by atoms with Gasteiger partial charge in [0, 0.05) is 12.0 Å². The Bertz CT molecular complexity index is 303. The Balaban J connectivity index is 2.71. The van der Waals surface area contributed by atoms with Crippen molar-refractivity contribution >= 4 is 15.9 Å². The van der Waals surface area contributed by atoms with Crippen LogP contribution in [0, 0.1) is 0 Å². The maximum absolute atomic E-state index is 3.40. The van der Waals surface area contributed by atoms with Crippen LogP contribution in [-0.2, 0) is 11.8 Å². The van der Waals surface area contributed by atoms with E-state index in [-0.39, 0.29) is 5.41 Å². The molecule has 0 aliphatic rings. The van der Waals surface area contributed by atoms with Crippen molar-refractivity contribution < 1.29 is 0 Å². The second-order valence-corrected chi connectivity index (χ2v) is 5.45. The van der Waals surface area contributed by atoms with Crippen molar-refractivity contribution in [1.29, 1.82) is 0 Å². The zero-order valence-electron chi connectivity index (χ0n) is 10.5. The van der Waals surface area contributed by atoms with Crippen molar-refractivity contribution in [3.8, 4) is 0 Å². The van der Waals surface area contributed by atoms with E-state index in [0.717, 1.165) is 12.0 Å². The van der Waals surface area contributed by atoms with Gasteiger partial charge in [-0.2, -0.15) is 0 Å². The molecule has 0 atom stereocenters. The van der Waals surface area contributed by atoms with Gasteiger partial charge in [0.1, 0.15) is 0 Å². The van der Waals surface area contributed by atoms with E-state index in [1.54, 1.807) is 0 Å². The van der Waals surface area contributed by atoms with Crippen LogP contribution in [0.2, 0.25) is 0 Å². The van der Waals surface area contributed by atoms with Crippen molar-refractivity contribution in [3.63, 3.8) is 0 Å². The zero-order valence-corrected chi connectivity index (χ0v) is 12.1. The first-order valence-corrected chi connectivity index (χ1v) is 7.08. The summed E-state index contributed by atoms with van der Waals surface area (Å²) in [4.78, 5) is 0. The van der Waals surface area contributed by atoms with Crippen molar-refractivity contribution in [2.24, 2.45) is 0 Å². The van der Waals surface area contributed by atoms with Crippen LogP contribution in [-0.4, -0.2) is 12.0 Å². The summed E-state index contributed by atoms with van der Waals surface area (Å²) < 4.78 is 0. The van der Waals surface area contributed by atoms with Gasteiger partial charge in [-0.1, -0.05) is 67.4 Å². The Morgan fingerprint density at radius 3 is 2.31 bits per heavy atom. The number of rotatable bonds is 6. The SMILES string of the molecule is CCCc1ccc(C(C)(C)CNCBr)cc1. The van der Waals surface area contributed by atoms with Crippen LogP contribution in [0.4, 0.5) is 0 Å². The molecule has 0 amide bonds. The minimum absolute atomic E-state index is 0.193. The van der Waals surface area contributed by atoms with Gasteiger partial charge in [0.05, 0.1) is 5.45 Å². The summed E-state index contributed by atoms with van der Waals surface area (Å²) in [6, 6.07) is 9.05. The average molecular weight is 284 g/mol. The molecule has 0 saturated heterocycles. The summed E-state index contributed by atoms with van der Waals surface area (Å²) in [5.41, 5.74) is 3.89. The van der Waals surface area contributed by atoms with E-state index in [1.807, 2.05) is 0 Å². The van der Waals surface area contributed by atoms with Crippen LogP contribution in [0.15, 0.2) is 24.3 Å². The number of alkyl halides is 1. The van der Waals surface area contributed by atoms with Crippen LogP contribution in [0.5, 0.6) is 0 Å². The summed E-state index contributed by atoms with van der Waals surface area (Å²) >= 11 is 3.40. The summed E-state index contributed by atoms with van der Waals surface area (Å²) in [6.45, 7) is 7.76. The third-order valence-electron chi connectivity index (χ3n) is 2.94. The summed E-state index contributed by atoms with van der Waals surface area (Å²) in [7, 11) is 0. The van der Waals surface area contributed by atoms with Gasteiger partial charge in [-0.15, -0.1) is 0 Å². The fourth-order valence-corrected chi connectivity index (χ4v) is 2.07. The largest absolute Gasteiger partial charge is 0.306 e. The van der Waals surface area contributed by atoms with Crippen LogP contribution in [0.25, 0.3) is 0 Å². The molecular formula is C14H22BrN. The first kappa shape index (κ1) is 13.7. The number of halogens is 1. The summed E-state index contributed by atoms with van der Waals surface area (Å²) in [5.74, 6) is 0. The number of benzene rings is 1. The van der Waals surface area contributed by atoms with Crippen LogP contribution < -0.4 is 5.32 Å². The normalized spacial score (nSPS) is 11.8. The molecule has 1 aromatic carbocycles. The van der Waals surface area contributed by atoms with Crippen molar-refractivity contribution in [2.45, 2.75) is 39.0 Å². The first-order chi connectivity index (χ1) is 7.60. The van der Waals surface area contributed by atoms with E-state index in [0.29, 0.717) is 0 Å². The number of hydrogen-bond acceptors (Lipinski definition) is 1. The van der Waals surface area contributed by atoms with Crippen LogP contribution >= 0.6 is 15.9 Å². The van der Waals surface area contributed by atoms with Gasteiger partial charge in [-0.3, -0.25) is 0 Å². The molecule has 0 aliphatic carbocycles. The Labute approximate surface area is 108 Å². The molecule has 0 aliphatic heterocycles. The Morgan fingerprint density at radius 2 is 1.81 bits per heavy atom. The van der Waals surface area contributed by atoms with Gasteiger partial charge in [-0.25, -0.2) is 0 Å². The molecule has 1 N–H and O–H groups in total. The third-order valence-corrected chi connectivity index (χ3v) is 3.33. The second kappa shape index (κ2) is 6.41. The molecule has 0 unspecified atom stereocenters. The Kier molecular flexibility index (Phi) is 5.50. The molecule has 0 bridgehead atoms. The molecule has 1 nitrogen and oxygen atoms in total. The number of hydrogen-bond donors (Lipinski definition) is 1. The molecule has 2 heteroatoms. The molecule has 0 fully saturated rings. The van der Waals surface area contributed by atoms with E-state index in [2.05, 4.69) is 66.3 Å². The van der Waals surface area contributed by atoms with Gasteiger partial charge in [0.25, 0.3) is 0 Å². The molecule has 1 rings (SSSR count). The predicted octanol–water partition coefficient (Wildman–Crippen LogP) is 3.86. The van der Waals surface area contributed by atoms with E-state index < -0.39 is 0 Å². The van der Waals surface area contributed by atoms with Gasteiger partial charge < -0.3 is 5.32 Å². The van der Waals surface area contributed by atoms with Crippen molar-refractivity contribution in [3.05, 3.63) is 35.4 Å². The lowest BCUT2D eigenvalue weighted by atomic mass is 9.84. The monoisotopic (exact) mass is 283 g/mol.